The number of hydrogen-bond donors (Lipinski definition) is 4. The van der Waals surface area contributed by atoms with Crippen LogP contribution in [0, 0.1) is 5.92 Å². The first-order valence-electron chi connectivity index (χ1n) is 12.9. The first-order valence-corrected chi connectivity index (χ1v) is 14.4. The Morgan fingerprint density at radius 1 is 1.15 bits per heavy atom. The molecule has 13 heteroatoms. The Kier molecular flexibility index (Phi) is 9.02. The molecule has 0 radical (unpaired) electrons. The van der Waals surface area contributed by atoms with Crippen LogP contribution in [0.3, 0.4) is 0 Å². The summed E-state index contributed by atoms with van der Waals surface area (Å²) in [6.07, 6.45) is 4.14. The molecule has 2 atom stereocenters. The van der Waals surface area contributed by atoms with Crippen LogP contribution in [-0.4, -0.2) is 85.7 Å². The lowest BCUT2D eigenvalue weighted by Gasteiger charge is -2.31. The molecule has 2 aromatic rings. The lowest BCUT2D eigenvalue weighted by molar-refractivity contribution is -0.146. The molecule has 0 bridgehead atoms. The number of nitrogens with one attached hydrogen (secondary N) is 2. The zero-order chi connectivity index (χ0) is 28.0. The summed E-state index contributed by atoms with van der Waals surface area (Å²) in [6.45, 7) is 1.25. The topological polar surface area (TPSA) is 174 Å². The molecular formula is C26H34N6O6S. The first-order chi connectivity index (χ1) is 18.7. The molecule has 39 heavy (non-hydrogen) atoms. The van der Waals surface area contributed by atoms with E-state index in [0.29, 0.717) is 31.3 Å². The number of carbonyl (C=O) groups is 3. The Balaban J connectivity index is 1.50. The van der Waals surface area contributed by atoms with E-state index in [1.54, 1.807) is 24.5 Å². The molecule has 0 aromatic heterocycles. The fourth-order valence-corrected chi connectivity index (χ4v) is 6.09. The van der Waals surface area contributed by atoms with Crippen LogP contribution in [0.4, 0.5) is 0 Å². The molecule has 1 heterocycles. The number of hydrazone groups is 1. The van der Waals surface area contributed by atoms with Crippen molar-refractivity contribution in [3.05, 3.63) is 42.5 Å². The molecule has 5 N–H and O–H groups in total. The summed E-state index contributed by atoms with van der Waals surface area (Å²) in [5, 5.41) is 17.2. The maximum atomic E-state index is 13.5. The predicted molar refractivity (Wildman–Crippen MR) is 145 cm³/mol. The molecule has 2 amide bonds. The van der Waals surface area contributed by atoms with Gasteiger partial charge < -0.3 is 26.1 Å². The smallest absolute Gasteiger partial charge is 0.323 e. The number of carboxylic acid groups (broad SMARTS) is 1. The third-order valence-electron chi connectivity index (χ3n) is 6.96. The van der Waals surface area contributed by atoms with Crippen LogP contribution in [0.25, 0.3) is 10.8 Å². The van der Waals surface area contributed by atoms with Crippen molar-refractivity contribution in [3.8, 4) is 0 Å². The van der Waals surface area contributed by atoms with Crippen LogP contribution in [0.15, 0.2) is 52.5 Å². The number of benzene rings is 2. The van der Waals surface area contributed by atoms with Gasteiger partial charge in [0.05, 0.1) is 11.3 Å². The van der Waals surface area contributed by atoms with E-state index in [4.69, 9.17) is 5.84 Å². The molecule has 1 aliphatic heterocycles. The number of amides is 2. The van der Waals surface area contributed by atoms with Crippen molar-refractivity contribution in [2.24, 2.45) is 16.9 Å². The predicted octanol–water partition coefficient (Wildman–Crippen LogP) is 0.683. The number of piperidine rings is 1. The molecule has 12 nitrogen and oxygen atoms in total. The SMILES string of the molecule is NN=CN1CCC[C@H](CNC(=O)C[C@H](NS(=O)(=O)c2ccc3ccccc3c2)C(=O)N(CC(=O)O)C2CC2)C1. The van der Waals surface area contributed by atoms with E-state index in [9.17, 15) is 27.9 Å². The van der Waals surface area contributed by atoms with Gasteiger partial charge in [0.15, 0.2) is 0 Å². The second-order valence-corrected chi connectivity index (χ2v) is 11.8. The molecule has 0 unspecified atom stereocenters. The molecule has 210 valence electrons. The monoisotopic (exact) mass is 558 g/mol. The normalized spacial score (nSPS) is 18.7. The summed E-state index contributed by atoms with van der Waals surface area (Å²) >= 11 is 0. The van der Waals surface area contributed by atoms with Gasteiger partial charge in [-0.3, -0.25) is 14.4 Å². The Bertz CT molecular complexity index is 1350. The van der Waals surface area contributed by atoms with Crippen molar-refractivity contribution >= 4 is 44.9 Å². The van der Waals surface area contributed by atoms with Crippen LogP contribution in [-0.2, 0) is 24.4 Å². The number of sulfonamides is 1. The molecule has 2 aromatic carbocycles. The molecule has 0 spiro atoms. The average molecular weight is 559 g/mol. The first kappa shape index (κ1) is 28.3. The second kappa shape index (κ2) is 12.4. The van der Waals surface area contributed by atoms with E-state index in [1.807, 2.05) is 17.0 Å². The van der Waals surface area contributed by atoms with Crippen LogP contribution in [0.1, 0.15) is 32.1 Å². The van der Waals surface area contributed by atoms with Crippen molar-refractivity contribution in [2.45, 2.75) is 49.1 Å². The Morgan fingerprint density at radius 2 is 1.90 bits per heavy atom. The molecule has 1 saturated heterocycles. The van der Waals surface area contributed by atoms with Crippen LogP contribution < -0.4 is 15.9 Å². The van der Waals surface area contributed by atoms with Crippen molar-refractivity contribution in [1.82, 2.24) is 19.8 Å². The van der Waals surface area contributed by atoms with E-state index in [-0.39, 0.29) is 16.9 Å². The van der Waals surface area contributed by atoms with Gasteiger partial charge in [0, 0.05) is 25.7 Å². The van der Waals surface area contributed by atoms with Gasteiger partial charge in [0.1, 0.15) is 18.9 Å². The zero-order valence-electron chi connectivity index (χ0n) is 21.5. The summed E-state index contributed by atoms with van der Waals surface area (Å²) in [6, 6.07) is 10.1. The van der Waals surface area contributed by atoms with Gasteiger partial charge in [-0.1, -0.05) is 30.3 Å². The highest BCUT2D eigenvalue weighted by molar-refractivity contribution is 7.89. The highest BCUT2D eigenvalue weighted by atomic mass is 32.2. The highest BCUT2D eigenvalue weighted by Crippen LogP contribution is 2.28. The number of nitrogens with two attached hydrogens (primary N) is 1. The van der Waals surface area contributed by atoms with Gasteiger partial charge in [-0.2, -0.15) is 9.82 Å². The maximum absolute atomic E-state index is 13.5. The third-order valence-corrected chi connectivity index (χ3v) is 8.43. The number of carboxylic acids is 1. The Hall–Kier alpha value is -3.71. The van der Waals surface area contributed by atoms with Gasteiger partial charge in [-0.25, -0.2) is 8.42 Å². The summed E-state index contributed by atoms with van der Waals surface area (Å²) in [7, 11) is -4.22. The van der Waals surface area contributed by atoms with Crippen LogP contribution in [0.2, 0.25) is 0 Å². The molecule has 2 fully saturated rings. The minimum atomic E-state index is -4.22. The minimum Gasteiger partial charge on any atom is -0.480 e. The third kappa shape index (κ3) is 7.67. The van der Waals surface area contributed by atoms with E-state index >= 15 is 0 Å². The van der Waals surface area contributed by atoms with E-state index in [1.165, 1.54) is 12.1 Å². The van der Waals surface area contributed by atoms with E-state index in [0.717, 1.165) is 29.7 Å². The van der Waals surface area contributed by atoms with Gasteiger partial charge in [0.2, 0.25) is 21.8 Å². The summed E-state index contributed by atoms with van der Waals surface area (Å²) in [5.41, 5.74) is 0. The summed E-state index contributed by atoms with van der Waals surface area (Å²) in [4.78, 5) is 40.9. The Labute approximate surface area is 227 Å². The number of fused-ring (bicyclic) bond motifs is 1. The fourth-order valence-electron chi connectivity index (χ4n) is 4.87. The zero-order valence-corrected chi connectivity index (χ0v) is 22.3. The molecule has 1 saturated carbocycles. The van der Waals surface area contributed by atoms with Gasteiger partial charge in [-0.05, 0) is 54.5 Å². The number of hydrogen-bond acceptors (Lipinski definition) is 7. The Morgan fingerprint density at radius 3 is 2.59 bits per heavy atom. The van der Waals surface area contributed by atoms with Crippen molar-refractivity contribution in [1.29, 1.82) is 0 Å². The van der Waals surface area contributed by atoms with Gasteiger partial charge >= 0.3 is 5.97 Å². The fraction of sp³-hybridized carbons (Fsp3) is 0.462. The average Bonchev–Trinajstić information content (AvgIpc) is 3.75. The maximum Gasteiger partial charge on any atom is 0.323 e. The number of rotatable bonds is 12. The van der Waals surface area contributed by atoms with Crippen molar-refractivity contribution in [2.75, 3.05) is 26.2 Å². The van der Waals surface area contributed by atoms with E-state index in [2.05, 4.69) is 15.1 Å². The number of likely N-dealkylation sites (tertiary alicyclic amines) is 1. The van der Waals surface area contributed by atoms with Crippen LogP contribution in [0.5, 0.6) is 0 Å². The number of carbonyl (C=O) groups excluding carboxylic acids is 2. The van der Waals surface area contributed by atoms with Gasteiger partial charge in [0.25, 0.3) is 0 Å². The molecule has 2 aliphatic rings. The number of nitrogens with zero attached hydrogens (tertiary/aromatic N) is 3. The molecule has 1 aliphatic carbocycles. The molecular weight excluding hydrogens is 524 g/mol. The highest BCUT2D eigenvalue weighted by Gasteiger charge is 2.39. The quantitative estimate of drug-likeness (QED) is 0.127. The lowest BCUT2D eigenvalue weighted by Crippen LogP contribution is -2.52. The summed E-state index contributed by atoms with van der Waals surface area (Å²) in [5.74, 6) is 2.92. The van der Waals surface area contributed by atoms with E-state index < -0.39 is 46.8 Å². The summed E-state index contributed by atoms with van der Waals surface area (Å²) < 4.78 is 29.1. The minimum absolute atomic E-state index is 0.0560. The van der Waals surface area contributed by atoms with Crippen molar-refractivity contribution < 1.29 is 27.9 Å². The standard InChI is InChI=1S/C26H34N6O6S/c27-29-17-31-11-3-4-18(15-31)14-28-24(33)13-23(26(36)32(16-25(34)35)21-8-9-21)30-39(37,38)22-10-7-19-5-1-2-6-20(19)12-22/h1-2,5-7,10,12,17-18,21,23,30H,3-4,8-9,11,13-16,27H2,(H,28,33)(H,34,35)/t18-,23+/m1/s1. The van der Waals surface area contributed by atoms with Crippen molar-refractivity contribution in [3.63, 3.8) is 0 Å². The number of aliphatic carboxylic acids is 1. The van der Waals surface area contributed by atoms with Gasteiger partial charge in [-0.15, -0.1) is 0 Å². The largest absolute Gasteiger partial charge is 0.480 e. The van der Waals surface area contributed by atoms with Crippen LogP contribution >= 0.6 is 0 Å². The lowest BCUT2D eigenvalue weighted by atomic mass is 9.98. The molecule has 4 rings (SSSR count). The second-order valence-electron chi connectivity index (χ2n) is 10.0.